The minimum atomic E-state index is -0.432. The molecule has 1 saturated carbocycles. The van der Waals surface area contributed by atoms with E-state index in [-0.39, 0.29) is 29.1 Å². The van der Waals surface area contributed by atoms with Gasteiger partial charge in [-0.15, -0.1) is 0 Å². The number of nitrogens with one attached hydrogen (secondary N) is 1. The highest BCUT2D eigenvalue weighted by atomic mass is 16.7. The molecular weight excluding hydrogens is 429 g/mol. The molecule has 0 radical (unpaired) electrons. The van der Waals surface area contributed by atoms with Crippen LogP contribution in [0.2, 0.25) is 0 Å². The quantitative estimate of drug-likeness (QED) is 0.645. The van der Waals surface area contributed by atoms with Crippen molar-refractivity contribution in [2.75, 3.05) is 0 Å². The molecule has 34 heavy (non-hydrogen) atoms. The van der Waals surface area contributed by atoms with Crippen LogP contribution < -0.4 is 16.5 Å². The van der Waals surface area contributed by atoms with Crippen LogP contribution in [0.25, 0.3) is 0 Å². The number of aryl methyl sites for hydroxylation is 1. The summed E-state index contributed by atoms with van der Waals surface area (Å²) in [6, 6.07) is 6.97. The van der Waals surface area contributed by atoms with Gasteiger partial charge in [-0.1, -0.05) is 11.6 Å². The zero-order chi connectivity index (χ0) is 25.4. The number of rotatable bonds is 5. The average Bonchev–Trinajstić information content (AvgIpc) is 3.39. The molecule has 2 saturated heterocycles. The molecular formula is C26H42BN3O4. The molecule has 0 bridgehead atoms. The maximum Gasteiger partial charge on any atom is 0.495 e. The first kappa shape index (κ1) is 26.7. The first-order chi connectivity index (χ1) is 15.7. The normalized spacial score (nSPS) is 25.7. The molecule has 0 spiro atoms. The number of benzene rings is 1. The van der Waals surface area contributed by atoms with Crippen LogP contribution in [0.15, 0.2) is 18.2 Å². The molecule has 8 heteroatoms. The zero-order valence-electron chi connectivity index (χ0n) is 22.1. The number of carbonyl (C=O) groups is 2. The number of nitrogens with zero attached hydrogens (tertiary/aromatic N) is 1. The molecule has 1 aromatic rings. The van der Waals surface area contributed by atoms with Gasteiger partial charge in [-0.05, 0) is 98.7 Å². The first-order valence-electron chi connectivity index (χ1n) is 12.6. The minimum Gasteiger partial charge on any atom is -0.399 e. The van der Waals surface area contributed by atoms with E-state index in [1.807, 2.05) is 52.8 Å². The van der Waals surface area contributed by atoms with Gasteiger partial charge in [-0.25, -0.2) is 0 Å². The molecule has 1 aromatic carbocycles. The van der Waals surface area contributed by atoms with Crippen LogP contribution in [0, 0.1) is 6.92 Å². The van der Waals surface area contributed by atoms with E-state index in [9.17, 15) is 9.59 Å². The highest BCUT2D eigenvalue weighted by Gasteiger charge is 2.52. The van der Waals surface area contributed by atoms with Crippen molar-refractivity contribution in [2.24, 2.45) is 5.73 Å². The van der Waals surface area contributed by atoms with Gasteiger partial charge in [0.2, 0.25) is 5.91 Å². The van der Waals surface area contributed by atoms with Gasteiger partial charge in [0, 0.05) is 23.7 Å². The Hall–Kier alpha value is -1.90. The molecule has 4 rings (SSSR count). The van der Waals surface area contributed by atoms with Crippen molar-refractivity contribution >= 4 is 24.4 Å². The molecule has 2 aliphatic heterocycles. The Kier molecular flexibility index (Phi) is 7.85. The molecule has 1 aliphatic carbocycles. The Labute approximate surface area is 205 Å². The van der Waals surface area contributed by atoms with E-state index in [1.54, 1.807) is 0 Å². The maximum atomic E-state index is 12.2. The standard InChI is InChI=1S/C17H24BNO3.C9H18N2O/c1-11-6-7-12(15(20)19-13-8-9-13)10-14(11)18-21-16(2,3)17(4,5)22-18;1-6(2)11-7(3)4-5-8(11)9(10)12/h6-7,10,13H,8-9H2,1-5H3,(H,19,20);6-8H,4-5H2,1-3H3,(H2,10,12). The van der Waals surface area contributed by atoms with Gasteiger partial charge in [0.1, 0.15) is 0 Å². The van der Waals surface area contributed by atoms with Gasteiger partial charge in [-0.3, -0.25) is 14.5 Å². The lowest BCUT2D eigenvalue weighted by molar-refractivity contribution is -0.123. The van der Waals surface area contributed by atoms with Crippen LogP contribution in [0.1, 0.15) is 90.1 Å². The number of hydrogen-bond donors (Lipinski definition) is 2. The molecule has 2 heterocycles. The van der Waals surface area contributed by atoms with E-state index < -0.39 is 7.12 Å². The highest BCUT2D eigenvalue weighted by Crippen LogP contribution is 2.36. The fourth-order valence-corrected chi connectivity index (χ4v) is 4.66. The van der Waals surface area contributed by atoms with Crippen LogP contribution in [0.3, 0.4) is 0 Å². The number of hydrogen-bond acceptors (Lipinski definition) is 5. The topological polar surface area (TPSA) is 93.9 Å². The van der Waals surface area contributed by atoms with Crippen molar-refractivity contribution in [2.45, 2.75) is 116 Å². The summed E-state index contributed by atoms with van der Waals surface area (Å²) < 4.78 is 12.2. The van der Waals surface area contributed by atoms with Crippen molar-refractivity contribution in [3.8, 4) is 0 Å². The molecule has 3 N–H and O–H groups in total. The Morgan fingerprint density at radius 3 is 2.15 bits per heavy atom. The number of nitrogens with two attached hydrogens (primary N) is 1. The third-order valence-corrected chi connectivity index (χ3v) is 7.61. The third kappa shape index (κ3) is 5.84. The fourth-order valence-electron chi connectivity index (χ4n) is 4.66. The Morgan fingerprint density at radius 1 is 1.09 bits per heavy atom. The second-order valence-corrected chi connectivity index (χ2v) is 11.3. The maximum absolute atomic E-state index is 12.2. The summed E-state index contributed by atoms with van der Waals surface area (Å²) in [6.45, 7) is 16.5. The molecule has 7 nitrogen and oxygen atoms in total. The van der Waals surface area contributed by atoms with E-state index in [4.69, 9.17) is 15.0 Å². The summed E-state index contributed by atoms with van der Waals surface area (Å²) in [6.07, 6.45) is 4.18. The van der Waals surface area contributed by atoms with E-state index in [1.165, 1.54) is 0 Å². The molecule has 2 amide bonds. The molecule has 0 aromatic heterocycles. The van der Waals surface area contributed by atoms with Crippen molar-refractivity contribution in [1.29, 1.82) is 0 Å². The van der Waals surface area contributed by atoms with Crippen LogP contribution >= 0.6 is 0 Å². The lowest BCUT2D eigenvalue weighted by atomic mass is 9.75. The van der Waals surface area contributed by atoms with Crippen molar-refractivity contribution in [3.63, 3.8) is 0 Å². The van der Waals surface area contributed by atoms with Crippen molar-refractivity contribution in [1.82, 2.24) is 10.2 Å². The van der Waals surface area contributed by atoms with Gasteiger partial charge < -0.3 is 20.4 Å². The Morgan fingerprint density at radius 2 is 1.68 bits per heavy atom. The number of primary amides is 1. The van der Waals surface area contributed by atoms with Crippen LogP contribution in [0.4, 0.5) is 0 Å². The van der Waals surface area contributed by atoms with Gasteiger partial charge in [0.25, 0.3) is 5.91 Å². The number of carbonyl (C=O) groups excluding carboxylic acids is 2. The van der Waals surface area contributed by atoms with Crippen LogP contribution in [-0.4, -0.2) is 59.2 Å². The molecule has 188 valence electrons. The van der Waals surface area contributed by atoms with Crippen molar-refractivity contribution in [3.05, 3.63) is 29.3 Å². The van der Waals surface area contributed by atoms with Gasteiger partial charge >= 0.3 is 7.12 Å². The summed E-state index contributed by atoms with van der Waals surface area (Å²) in [5, 5.41) is 3.02. The fraction of sp³-hybridized carbons (Fsp3) is 0.692. The molecule has 2 unspecified atom stereocenters. The zero-order valence-corrected chi connectivity index (χ0v) is 22.1. The Bertz CT molecular complexity index is 897. The summed E-state index contributed by atoms with van der Waals surface area (Å²) in [7, 11) is -0.432. The predicted molar refractivity (Wildman–Crippen MR) is 136 cm³/mol. The van der Waals surface area contributed by atoms with Gasteiger partial charge in [0.05, 0.1) is 17.2 Å². The lowest BCUT2D eigenvalue weighted by Crippen LogP contribution is -2.46. The monoisotopic (exact) mass is 471 g/mol. The Balaban J connectivity index is 0.000000229. The summed E-state index contributed by atoms with van der Waals surface area (Å²) >= 11 is 0. The molecule has 2 atom stereocenters. The second kappa shape index (κ2) is 10.00. The van der Waals surface area contributed by atoms with Crippen LogP contribution in [0.5, 0.6) is 0 Å². The summed E-state index contributed by atoms with van der Waals surface area (Å²) in [5.41, 5.74) is 7.22. The van der Waals surface area contributed by atoms with E-state index in [0.717, 1.165) is 36.7 Å². The van der Waals surface area contributed by atoms with E-state index in [2.05, 4.69) is 31.0 Å². The third-order valence-electron chi connectivity index (χ3n) is 7.61. The lowest BCUT2D eigenvalue weighted by Gasteiger charge is -2.32. The first-order valence-corrected chi connectivity index (χ1v) is 12.6. The smallest absolute Gasteiger partial charge is 0.399 e. The highest BCUT2D eigenvalue weighted by molar-refractivity contribution is 6.62. The van der Waals surface area contributed by atoms with E-state index in [0.29, 0.717) is 23.7 Å². The second-order valence-electron chi connectivity index (χ2n) is 11.3. The van der Waals surface area contributed by atoms with E-state index >= 15 is 0 Å². The number of likely N-dealkylation sites (tertiary alicyclic amines) is 1. The minimum absolute atomic E-state index is 0.0136. The van der Waals surface area contributed by atoms with Gasteiger partial charge in [-0.2, -0.15) is 0 Å². The SMILES string of the molecule is CC(C)N1C(C)CCC1C(N)=O.Cc1ccc(C(=O)NC2CC2)cc1B1OC(C)(C)C(C)(C)O1. The van der Waals surface area contributed by atoms with Crippen molar-refractivity contribution < 1.29 is 18.9 Å². The summed E-state index contributed by atoms with van der Waals surface area (Å²) in [4.78, 5) is 25.5. The molecule has 3 aliphatic rings. The predicted octanol–water partition coefficient (Wildman–Crippen LogP) is 2.92. The van der Waals surface area contributed by atoms with Gasteiger partial charge in [0.15, 0.2) is 0 Å². The molecule has 3 fully saturated rings. The van der Waals surface area contributed by atoms with Crippen LogP contribution in [-0.2, 0) is 14.1 Å². The largest absolute Gasteiger partial charge is 0.495 e. The average molecular weight is 471 g/mol. The summed E-state index contributed by atoms with van der Waals surface area (Å²) in [5.74, 6) is -0.187. The number of amides is 2.